The Morgan fingerprint density at radius 1 is 1.15 bits per heavy atom. The standard InChI is InChI=1S/C21H25BrN2O3/c1-5-26-18-9-7-6-8-15(18)13-23-24-20(25)14-27-19-11-10-16(12-17(19)22)21(2,3)4/h6-13H,5,14H2,1-4H3,(H,24,25)/b23-13-. The van der Waals surface area contributed by atoms with Gasteiger partial charge in [-0.25, -0.2) is 5.43 Å². The molecule has 144 valence electrons. The number of hydrogen-bond donors (Lipinski definition) is 1. The van der Waals surface area contributed by atoms with Gasteiger partial charge in [0.15, 0.2) is 6.61 Å². The van der Waals surface area contributed by atoms with Crippen molar-refractivity contribution < 1.29 is 14.3 Å². The first kappa shape index (κ1) is 21.0. The van der Waals surface area contributed by atoms with Crippen molar-refractivity contribution >= 4 is 28.1 Å². The van der Waals surface area contributed by atoms with Crippen LogP contribution in [-0.4, -0.2) is 25.3 Å². The minimum Gasteiger partial charge on any atom is -0.493 e. The average molecular weight is 433 g/mol. The summed E-state index contributed by atoms with van der Waals surface area (Å²) in [5, 5.41) is 3.97. The van der Waals surface area contributed by atoms with Gasteiger partial charge in [0.1, 0.15) is 11.5 Å². The molecule has 0 radical (unpaired) electrons. The van der Waals surface area contributed by atoms with E-state index in [0.29, 0.717) is 12.4 Å². The van der Waals surface area contributed by atoms with Gasteiger partial charge in [0.2, 0.25) is 0 Å². The van der Waals surface area contributed by atoms with Crippen LogP contribution in [0.25, 0.3) is 0 Å². The van der Waals surface area contributed by atoms with Gasteiger partial charge in [0.25, 0.3) is 5.91 Å². The van der Waals surface area contributed by atoms with Gasteiger partial charge in [-0.2, -0.15) is 5.10 Å². The van der Waals surface area contributed by atoms with Gasteiger partial charge < -0.3 is 9.47 Å². The second-order valence-electron chi connectivity index (χ2n) is 6.95. The number of para-hydroxylation sites is 1. The first-order valence-corrected chi connectivity index (χ1v) is 9.57. The Hall–Kier alpha value is -2.34. The van der Waals surface area contributed by atoms with Gasteiger partial charge in [-0.1, -0.05) is 39.0 Å². The van der Waals surface area contributed by atoms with Crippen molar-refractivity contribution in [2.45, 2.75) is 33.1 Å². The highest BCUT2D eigenvalue weighted by Gasteiger charge is 2.15. The first-order valence-electron chi connectivity index (χ1n) is 8.78. The number of ether oxygens (including phenoxy) is 2. The lowest BCUT2D eigenvalue weighted by molar-refractivity contribution is -0.123. The third kappa shape index (κ3) is 6.40. The zero-order chi connectivity index (χ0) is 19.9. The molecule has 0 aliphatic heterocycles. The molecule has 0 spiro atoms. The van der Waals surface area contributed by atoms with E-state index in [4.69, 9.17) is 9.47 Å². The number of carbonyl (C=O) groups is 1. The number of halogens is 1. The van der Waals surface area contributed by atoms with Gasteiger partial charge in [0, 0.05) is 5.56 Å². The van der Waals surface area contributed by atoms with Crippen LogP contribution < -0.4 is 14.9 Å². The van der Waals surface area contributed by atoms with Crippen LogP contribution in [0.1, 0.15) is 38.8 Å². The number of hydrazone groups is 1. The smallest absolute Gasteiger partial charge is 0.277 e. The second-order valence-corrected chi connectivity index (χ2v) is 7.80. The van der Waals surface area contributed by atoms with Crippen molar-refractivity contribution in [1.82, 2.24) is 5.43 Å². The van der Waals surface area contributed by atoms with Gasteiger partial charge in [-0.05, 0) is 58.1 Å². The second kappa shape index (κ2) is 9.55. The van der Waals surface area contributed by atoms with E-state index in [0.717, 1.165) is 15.8 Å². The van der Waals surface area contributed by atoms with E-state index in [1.165, 1.54) is 5.56 Å². The van der Waals surface area contributed by atoms with Crippen LogP contribution in [0.4, 0.5) is 0 Å². The van der Waals surface area contributed by atoms with Crippen LogP contribution in [0.15, 0.2) is 52.0 Å². The lowest BCUT2D eigenvalue weighted by Gasteiger charge is -2.20. The van der Waals surface area contributed by atoms with Crippen molar-refractivity contribution in [2.75, 3.05) is 13.2 Å². The molecule has 27 heavy (non-hydrogen) atoms. The van der Waals surface area contributed by atoms with Gasteiger partial charge in [-0.15, -0.1) is 0 Å². The fraction of sp³-hybridized carbons (Fsp3) is 0.333. The predicted octanol–water partition coefficient (Wildman–Crippen LogP) is 4.67. The van der Waals surface area contributed by atoms with Crippen LogP contribution in [-0.2, 0) is 10.2 Å². The van der Waals surface area contributed by atoms with Gasteiger partial charge >= 0.3 is 0 Å². The van der Waals surface area contributed by atoms with Crippen molar-refractivity contribution in [3.05, 3.63) is 58.1 Å². The van der Waals surface area contributed by atoms with Gasteiger partial charge in [-0.3, -0.25) is 4.79 Å². The molecule has 1 N–H and O–H groups in total. The normalized spacial score (nSPS) is 11.4. The zero-order valence-corrected chi connectivity index (χ0v) is 17.7. The summed E-state index contributed by atoms with van der Waals surface area (Å²) in [4.78, 5) is 12.0. The fourth-order valence-electron chi connectivity index (χ4n) is 2.31. The van der Waals surface area contributed by atoms with E-state index in [-0.39, 0.29) is 17.9 Å². The monoisotopic (exact) mass is 432 g/mol. The van der Waals surface area contributed by atoms with Crippen LogP contribution in [0.2, 0.25) is 0 Å². The molecular formula is C21H25BrN2O3. The van der Waals surface area contributed by atoms with E-state index < -0.39 is 0 Å². The Kier molecular flexibility index (Phi) is 7.42. The highest BCUT2D eigenvalue weighted by atomic mass is 79.9. The van der Waals surface area contributed by atoms with E-state index in [1.54, 1.807) is 6.21 Å². The molecule has 0 aliphatic rings. The number of rotatable bonds is 7. The molecule has 6 heteroatoms. The summed E-state index contributed by atoms with van der Waals surface area (Å²) >= 11 is 3.50. The number of hydrogen-bond acceptors (Lipinski definition) is 4. The van der Waals surface area contributed by atoms with E-state index in [1.807, 2.05) is 49.4 Å². The van der Waals surface area contributed by atoms with Crippen LogP contribution in [0, 0.1) is 0 Å². The van der Waals surface area contributed by atoms with Crippen molar-refractivity contribution in [3.63, 3.8) is 0 Å². The summed E-state index contributed by atoms with van der Waals surface area (Å²) in [7, 11) is 0. The Labute approximate surface area is 168 Å². The van der Waals surface area contributed by atoms with Crippen LogP contribution in [0.3, 0.4) is 0 Å². The number of nitrogens with zero attached hydrogens (tertiary/aromatic N) is 1. The topological polar surface area (TPSA) is 59.9 Å². The van der Waals surface area contributed by atoms with Crippen molar-refractivity contribution in [1.29, 1.82) is 0 Å². The maximum Gasteiger partial charge on any atom is 0.277 e. The molecule has 0 bridgehead atoms. The zero-order valence-electron chi connectivity index (χ0n) is 16.1. The molecule has 0 aliphatic carbocycles. The highest BCUT2D eigenvalue weighted by Crippen LogP contribution is 2.31. The Morgan fingerprint density at radius 2 is 1.89 bits per heavy atom. The van der Waals surface area contributed by atoms with Crippen LogP contribution in [0.5, 0.6) is 11.5 Å². The summed E-state index contributed by atoms with van der Waals surface area (Å²) in [5.41, 5.74) is 4.48. The minimum atomic E-state index is -0.341. The molecule has 0 saturated heterocycles. The minimum absolute atomic E-state index is 0.0465. The summed E-state index contributed by atoms with van der Waals surface area (Å²) in [6.07, 6.45) is 1.55. The number of carbonyl (C=O) groups excluding carboxylic acids is 1. The Morgan fingerprint density at radius 3 is 2.56 bits per heavy atom. The maximum absolute atomic E-state index is 12.0. The molecule has 2 aromatic rings. The molecule has 2 aromatic carbocycles. The van der Waals surface area contributed by atoms with Crippen molar-refractivity contribution in [2.24, 2.45) is 5.10 Å². The Balaban J connectivity index is 1.90. The number of benzene rings is 2. The molecule has 0 unspecified atom stereocenters. The molecule has 0 fully saturated rings. The molecule has 1 amide bonds. The molecule has 2 rings (SSSR count). The molecule has 0 saturated carbocycles. The predicted molar refractivity (Wildman–Crippen MR) is 112 cm³/mol. The first-order chi connectivity index (χ1) is 12.8. The van der Waals surface area contributed by atoms with E-state index in [2.05, 4.69) is 47.2 Å². The Bertz CT molecular complexity index is 813. The molecule has 0 aromatic heterocycles. The molecule has 5 nitrogen and oxygen atoms in total. The summed E-state index contributed by atoms with van der Waals surface area (Å²) in [6, 6.07) is 13.4. The lowest BCUT2D eigenvalue weighted by atomic mass is 9.87. The average Bonchev–Trinajstić information content (AvgIpc) is 2.61. The third-order valence-corrected chi connectivity index (χ3v) is 4.39. The highest BCUT2D eigenvalue weighted by molar-refractivity contribution is 9.10. The maximum atomic E-state index is 12.0. The molecule has 0 atom stereocenters. The van der Waals surface area contributed by atoms with Crippen molar-refractivity contribution in [3.8, 4) is 11.5 Å². The summed E-state index contributed by atoms with van der Waals surface area (Å²) in [6.45, 7) is 8.78. The van der Waals surface area contributed by atoms with Crippen LogP contribution >= 0.6 is 15.9 Å². The molecular weight excluding hydrogens is 408 g/mol. The fourth-order valence-corrected chi connectivity index (χ4v) is 2.80. The third-order valence-electron chi connectivity index (χ3n) is 3.77. The van der Waals surface area contributed by atoms with E-state index >= 15 is 0 Å². The SMILES string of the molecule is CCOc1ccccc1/C=N\NC(=O)COc1ccc(C(C)(C)C)cc1Br. The van der Waals surface area contributed by atoms with Gasteiger partial charge in [0.05, 0.1) is 17.3 Å². The number of nitrogens with one attached hydrogen (secondary N) is 1. The van der Waals surface area contributed by atoms with E-state index in [9.17, 15) is 4.79 Å². The largest absolute Gasteiger partial charge is 0.493 e. The quantitative estimate of drug-likeness (QED) is 0.510. The lowest BCUT2D eigenvalue weighted by Crippen LogP contribution is -2.24. The number of amides is 1. The summed E-state index contributed by atoms with van der Waals surface area (Å²) in [5.74, 6) is 0.993. The summed E-state index contributed by atoms with van der Waals surface area (Å²) < 4.78 is 11.9. The molecule has 0 heterocycles.